The Bertz CT molecular complexity index is 922. The molecule has 1 N–H and O–H groups in total. The predicted octanol–water partition coefficient (Wildman–Crippen LogP) is 5.18. The van der Waals surface area contributed by atoms with E-state index in [0.29, 0.717) is 5.56 Å². The van der Waals surface area contributed by atoms with E-state index in [-0.39, 0.29) is 11.3 Å². The lowest BCUT2D eigenvalue weighted by Gasteiger charge is -2.13. The monoisotopic (exact) mass is 358 g/mol. The standard InChI is InChI=1S/C20H17F3N2O/c1-12-8-14(3)15(9-13(12)2)10-16(11-24)19(26)25-18-7-5-4-6-17(18)20(21,22)23/h4-10H,1-3H3,(H,25,26)/b16-10+. The first-order valence-corrected chi connectivity index (χ1v) is 7.80. The van der Waals surface area contributed by atoms with Crippen molar-refractivity contribution in [3.63, 3.8) is 0 Å². The fourth-order valence-electron chi connectivity index (χ4n) is 2.47. The molecule has 0 spiro atoms. The zero-order valence-electron chi connectivity index (χ0n) is 14.5. The number of hydrogen-bond donors (Lipinski definition) is 1. The predicted molar refractivity (Wildman–Crippen MR) is 94.3 cm³/mol. The van der Waals surface area contributed by atoms with Gasteiger partial charge in [-0.2, -0.15) is 18.4 Å². The zero-order chi connectivity index (χ0) is 19.5. The van der Waals surface area contributed by atoms with Gasteiger partial charge in [-0.05, 0) is 61.2 Å². The third-order valence-corrected chi connectivity index (χ3v) is 4.03. The Kier molecular flexibility index (Phi) is 5.51. The first kappa shape index (κ1) is 19.3. The number of halogens is 3. The molecule has 0 saturated carbocycles. The van der Waals surface area contributed by atoms with Gasteiger partial charge in [-0.25, -0.2) is 0 Å². The van der Waals surface area contributed by atoms with Crippen LogP contribution < -0.4 is 5.32 Å². The van der Waals surface area contributed by atoms with Crippen LogP contribution in [0.5, 0.6) is 0 Å². The number of alkyl halides is 3. The van der Waals surface area contributed by atoms with Crippen molar-refractivity contribution >= 4 is 17.7 Å². The highest BCUT2D eigenvalue weighted by Gasteiger charge is 2.33. The lowest BCUT2D eigenvalue weighted by atomic mass is 9.99. The number of carbonyl (C=O) groups is 1. The van der Waals surface area contributed by atoms with Crippen LogP contribution in [0, 0.1) is 32.1 Å². The lowest BCUT2D eigenvalue weighted by Crippen LogP contribution is -2.17. The summed E-state index contributed by atoms with van der Waals surface area (Å²) in [7, 11) is 0. The van der Waals surface area contributed by atoms with E-state index in [9.17, 15) is 23.2 Å². The zero-order valence-corrected chi connectivity index (χ0v) is 14.5. The number of rotatable bonds is 3. The number of anilines is 1. The van der Waals surface area contributed by atoms with Crippen LogP contribution in [-0.4, -0.2) is 5.91 Å². The van der Waals surface area contributed by atoms with Crippen LogP contribution in [0.15, 0.2) is 42.0 Å². The normalized spacial score (nSPS) is 11.8. The molecule has 0 bridgehead atoms. The molecule has 6 heteroatoms. The summed E-state index contributed by atoms with van der Waals surface area (Å²) in [6, 6.07) is 10.2. The third kappa shape index (κ3) is 4.31. The van der Waals surface area contributed by atoms with Gasteiger partial charge in [-0.3, -0.25) is 4.79 Å². The fourth-order valence-corrected chi connectivity index (χ4v) is 2.47. The highest BCUT2D eigenvalue weighted by molar-refractivity contribution is 6.10. The van der Waals surface area contributed by atoms with Gasteiger partial charge in [0.05, 0.1) is 11.3 Å². The van der Waals surface area contributed by atoms with Gasteiger partial charge in [0, 0.05) is 0 Å². The minimum atomic E-state index is -4.61. The highest BCUT2D eigenvalue weighted by atomic mass is 19.4. The summed E-state index contributed by atoms with van der Waals surface area (Å²) in [4.78, 5) is 12.3. The minimum Gasteiger partial charge on any atom is -0.321 e. The Morgan fingerprint density at radius 2 is 1.69 bits per heavy atom. The van der Waals surface area contributed by atoms with Crippen LogP contribution in [0.1, 0.15) is 27.8 Å². The van der Waals surface area contributed by atoms with Gasteiger partial charge in [0.15, 0.2) is 0 Å². The third-order valence-electron chi connectivity index (χ3n) is 4.03. The SMILES string of the molecule is Cc1cc(C)c(/C=C(\C#N)C(=O)Nc2ccccc2C(F)(F)F)cc1C. The summed E-state index contributed by atoms with van der Waals surface area (Å²) in [5, 5.41) is 11.5. The van der Waals surface area contributed by atoms with E-state index < -0.39 is 17.6 Å². The van der Waals surface area contributed by atoms with Gasteiger partial charge >= 0.3 is 6.18 Å². The van der Waals surface area contributed by atoms with Gasteiger partial charge < -0.3 is 5.32 Å². The molecule has 0 aromatic heterocycles. The van der Waals surface area contributed by atoms with Gasteiger partial charge in [0.2, 0.25) is 0 Å². The summed E-state index contributed by atoms with van der Waals surface area (Å²) < 4.78 is 39.1. The molecule has 0 atom stereocenters. The molecular formula is C20H17F3N2O. The molecule has 134 valence electrons. The van der Waals surface area contributed by atoms with Crippen LogP contribution in [-0.2, 0) is 11.0 Å². The van der Waals surface area contributed by atoms with Crippen LogP contribution in [0.25, 0.3) is 6.08 Å². The van der Waals surface area contributed by atoms with Crippen molar-refractivity contribution in [1.82, 2.24) is 0 Å². The first-order chi connectivity index (χ1) is 12.1. The quantitative estimate of drug-likeness (QED) is 0.607. The summed E-state index contributed by atoms with van der Waals surface area (Å²) in [5.41, 5.74) is 1.97. The van der Waals surface area contributed by atoms with Crippen LogP contribution in [0.4, 0.5) is 18.9 Å². The van der Waals surface area contributed by atoms with E-state index in [2.05, 4.69) is 5.32 Å². The topological polar surface area (TPSA) is 52.9 Å². The number of amides is 1. The minimum absolute atomic E-state index is 0.270. The summed E-state index contributed by atoms with van der Waals surface area (Å²) in [6.07, 6.45) is -3.22. The van der Waals surface area contributed by atoms with E-state index in [4.69, 9.17) is 0 Å². The van der Waals surface area contributed by atoms with E-state index in [0.717, 1.165) is 28.8 Å². The second kappa shape index (κ2) is 7.44. The van der Waals surface area contributed by atoms with Crippen molar-refractivity contribution in [2.45, 2.75) is 26.9 Å². The molecule has 0 aliphatic carbocycles. The maximum absolute atomic E-state index is 13.0. The number of nitrogens with zero attached hydrogens (tertiary/aromatic N) is 1. The van der Waals surface area contributed by atoms with Gasteiger partial charge in [-0.15, -0.1) is 0 Å². The van der Waals surface area contributed by atoms with Gasteiger partial charge in [0.25, 0.3) is 5.91 Å². The summed E-state index contributed by atoms with van der Waals surface area (Å²) >= 11 is 0. The Morgan fingerprint density at radius 1 is 1.08 bits per heavy atom. The molecule has 1 amide bonds. The molecule has 2 aromatic carbocycles. The first-order valence-electron chi connectivity index (χ1n) is 7.80. The van der Waals surface area contributed by atoms with Crippen molar-refractivity contribution in [1.29, 1.82) is 5.26 Å². The Balaban J connectivity index is 2.37. The van der Waals surface area contributed by atoms with E-state index >= 15 is 0 Å². The van der Waals surface area contributed by atoms with Crippen LogP contribution >= 0.6 is 0 Å². The average molecular weight is 358 g/mol. The maximum atomic E-state index is 13.0. The molecule has 0 aliphatic rings. The molecular weight excluding hydrogens is 341 g/mol. The highest BCUT2D eigenvalue weighted by Crippen LogP contribution is 2.34. The van der Waals surface area contributed by atoms with Gasteiger partial charge in [-0.1, -0.05) is 24.3 Å². The van der Waals surface area contributed by atoms with E-state index in [1.807, 2.05) is 32.9 Å². The van der Waals surface area contributed by atoms with Crippen LogP contribution in [0.3, 0.4) is 0 Å². The Morgan fingerprint density at radius 3 is 2.31 bits per heavy atom. The average Bonchev–Trinajstić information content (AvgIpc) is 2.56. The lowest BCUT2D eigenvalue weighted by molar-refractivity contribution is -0.137. The maximum Gasteiger partial charge on any atom is 0.418 e. The number of nitriles is 1. The van der Waals surface area contributed by atoms with Crippen molar-refractivity contribution in [2.75, 3.05) is 5.32 Å². The van der Waals surface area contributed by atoms with Gasteiger partial charge in [0.1, 0.15) is 11.6 Å². The second-order valence-corrected chi connectivity index (χ2v) is 5.96. The molecule has 0 saturated heterocycles. The number of benzene rings is 2. The van der Waals surface area contributed by atoms with Crippen molar-refractivity contribution < 1.29 is 18.0 Å². The molecule has 2 rings (SSSR count). The molecule has 0 radical (unpaired) electrons. The largest absolute Gasteiger partial charge is 0.418 e. The fraction of sp³-hybridized carbons (Fsp3) is 0.200. The molecule has 0 aliphatic heterocycles. The van der Waals surface area contributed by atoms with Crippen molar-refractivity contribution in [3.05, 3.63) is 69.8 Å². The molecule has 3 nitrogen and oxygen atoms in total. The molecule has 2 aromatic rings. The summed E-state index contributed by atoms with van der Waals surface area (Å²) in [5.74, 6) is -0.887. The molecule has 26 heavy (non-hydrogen) atoms. The number of hydrogen-bond acceptors (Lipinski definition) is 2. The molecule has 0 heterocycles. The van der Waals surface area contributed by atoms with Crippen molar-refractivity contribution in [2.24, 2.45) is 0 Å². The smallest absolute Gasteiger partial charge is 0.321 e. The van der Waals surface area contributed by atoms with Crippen molar-refractivity contribution in [3.8, 4) is 6.07 Å². The Hall–Kier alpha value is -3.07. The van der Waals surface area contributed by atoms with E-state index in [1.165, 1.54) is 18.2 Å². The number of aryl methyl sites for hydroxylation is 3. The second-order valence-electron chi connectivity index (χ2n) is 5.96. The molecule has 0 fully saturated rings. The number of carbonyl (C=O) groups excluding carboxylic acids is 1. The molecule has 0 unspecified atom stereocenters. The number of para-hydroxylation sites is 1. The number of nitrogens with one attached hydrogen (secondary N) is 1. The summed E-state index contributed by atoms with van der Waals surface area (Å²) in [6.45, 7) is 5.68. The van der Waals surface area contributed by atoms with E-state index in [1.54, 1.807) is 6.07 Å². The van der Waals surface area contributed by atoms with Crippen LogP contribution in [0.2, 0.25) is 0 Å². The Labute approximate surface area is 149 Å².